The molecular formula is C10H17N5S. The fraction of sp³-hybridized carbons (Fsp3) is 0.600. The van der Waals surface area contributed by atoms with E-state index in [1.54, 1.807) is 0 Å². The molecular weight excluding hydrogens is 222 g/mol. The second-order valence-corrected chi connectivity index (χ2v) is 4.11. The summed E-state index contributed by atoms with van der Waals surface area (Å²) < 4.78 is 3.95. The highest BCUT2D eigenvalue weighted by molar-refractivity contribution is 7.10. The van der Waals surface area contributed by atoms with Crippen LogP contribution in [0.2, 0.25) is 0 Å². The van der Waals surface area contributed by atoms with Crippen molar-refractivity contribution in [2.75, 3.05) is 37.2 Å². The van der Waals surface area contributed by atoms with Gasteiger partial charge in [-0.05, 0) is 24.6 Å². The van der Waals surface area contributed by atoms with Gasteiger partial charge in [0.25, 0.3) is 0 Å². The number of hydrogen-bond acceptors (Lipinski definition) is 6. The highest BCUT2D eigenvalue weighted by atomic mass is 32.1. The molecule has 0 aromatic carbocycles. The molecule has 0 spiro atoms. The van der Waals surface area contributed by atoms with E-state index in [0.29, 0.717) is 11.4 Å². The van der Waals surface area contributed by atoms with Gasteiger partial charge < -0.3 is 16.0 Å². The summed E-state index contributed by atoms with van der Waals surface area (Å²) in [4.78, 5) is 2.31. The van der Waals surface area contributed by atoms with E-state index in [1.165, 1.54) is 11.5 Å². The summed E-state index contributed by atoms with van der Waals surface area (Å²) in [5.74, 6) is 0.317. The summed E-state index contributed by atoms with van der Waals surface area (Å²) in [5.41, 5.74) is 6.02. The first-order valence-electron chi connectivity index (χ1n) is 5.34. The number of likely N-dealkylation sites (N-methyl/N-ethyl adjacent to an activating group) is 1. The van der Waals surface area contributed by atoms with Gasteiger partial charge in [-0.25, -0.2) is 0 Å². The van der Waals surface area contributed by atoms with Crippen molar-refractivity contribution in [1.29, 1.82) is 5.26 Å². The summed E-state index contributed by atoms with van der Waals surface area (Å²) in [6.07, 6.45) is 0. The van der Waals surface area contributed by atoms with Crippen LogP contribution in [-0.2, 0) is 0 Å². The number of nitrogens with one attached hydrogen (secondary N) is 1. The molecule has 0 unspecified atom stereocenters. The molecule has 0 bridgehead atoms. The van der Waals surface area contributed by atoms with Crippen LogP contribution >= 0.6 is 11.5 Å². The molecule has 0 fully saturated rings. The van der Waals surface area contributed by atoms with Gasteiger partial charge in [-0.1, -0.05) is 13.8 Å². The summed E-state index contributed by atoms with van der Waals surface area (Å²) in [6.45, 7) is 8.10. The number of nitriles is 1. The summed E-state index contributed by atoms with van der Waals surface area (Å²) in [7, 11) is 0. The third-order valence-electron chi connectivity index (χ3n) is 2.44. The Morgan fingerprint density at radius 3 is 2.75 bits per heavy atom. The predicted octanol–water partition coefficient (Wildman–Crippen LogP) is 1.35. The fourth-order valence-electron chi connectivity index (χ4n) is 1.40. The number of aromatic nitrogens is 1. The topological polar surface area (TPSA) is 78.0 Å². The number of anilines is 2. The first kappa shape index (κ1) is 12.7. The van der Waals surface area contributed by atoms with Crippen LogP contribution in [0.3, 0.4) is 0 Å². The minimum absolute atomic E-state index is 0.317. The first-order valence-corrected chi connectivity index (χ1v) is 6.11. The Kier molecular flexibility index (Phi) is 5.02. The molecule has 6 heteroatoms. The Labute approximate surface area is 100 Å². The Morgan fingerprint density at radius 1 is 1.50 bits per heavy atom. The Bertz CT molecular complexity index is 364. The van der Waals surface area contributed by atoms with Crippen LogP contribution in [0.25, 0.3) is 0 Å². The normalized spacial score (nSPS) is 10.4. The van der Waals surface area contributed by atoms with E-state index in [0.717, 1.165) is 31.2 Å². The molecule has 0 amide bonds. The standard InChI is InChI=1S/C10H17N5S/c1-3-15(4-2)6-5-13-10-8(7-11)9(12)14-16-10/h13H,3-6H2,1-2H3,(H2,12,14). The third-order valence-corrected chi connectivity index (χ3v) is 3.26. The molecule has 5 nitrogen and oxygen atoms in total. The highest BCUT2D eigenvalue weighted by Gasteiger charge is 2.10. The molecule has 0 aliphatic carbocycles. The smallest absolute Gasteiger partial charge is 0.157 e. The van der Waals surface area contributed by atoms with Gasteiger partial charge in [0.15, 0.2) is 5.82 Å². The van der Waals surface area contributed by atoms with Crippen molar-refractivity contribution in [2.45, 2.75) is 13.8 Å². The Balaban J connectivity index is 2.46. The van der Waals surface area contributed by atoms with Crippen molar-refractivity contribution in [1.82, 2.24) is 9.27 Å². The van der Waals surface area contributed by atoms with E-state index in [9.17, 15) is 0 Å². The van der Waals surface area contributed by atoms with Gasteiger partial charge in [0.05, 0.1) is 0 Å². The van der Waals surface area contributed by atoms with Crippen molar-refractivity contribution >= 4 is 22.4 Å². The maximum absolute atomic E-state index is 8.88. The molecule has 1 aromatic heterocycles. The van der Waals surface area contributed by atoms with E-state index in [-0.39, 0.29) is 0 Å². The maximum atomic E-state index is 8.88. The monoisotopic (exact) mass is 239 g/mol. The van der Waals surface area contributed by atoms with Crippen LogP contribution in [0.5, 0.6) is 0 Å². The SMILES string of the molecule is CCN(CC)CCNc1snc(N)c1C#N. The van der Waals surface area contributed by atoms with Crippen molar-refractivity contribution < 1.29 is 0 Å². The van der Waals surface area contributed by atoms with Gasteiger partial charge in [0.2, 0.25) is 0 Å². The minimum Gasteiger partial charge on any atom is -0.382 e. The zero-order chi connectivity index (χ0) is 12.0. The zero-order valence-corrected chi connectivity index (χ0v) is 10.5. The van der Waals surface area contributed by atoms with Crippen molar-refractivity contribution in [3.05, 3.63) is 5.56 Å². The van der Waals surface area contributed by atoms with E-state index in [1.807, 2.05) is 0 Å². The van der Waals surface area contributed by atoms with Crippen molar-refractivity contribution in [3.63, 3.8) is 0 Å². The Morgan fingerprint density at radius 2 is 2.19 bits per heavy atom. The second kappa shape index (κ2) is 6.30. The van der Waals surface area contributed by atoms with Crippen LogP contribution in [0.15, 0.2) is 0 Å². The third kappa shape index (κ3) is 3.08. The molecule has 0 radical (unpaired) electrons. The molecule has 0 aliphatic heterocycles. The molecule has 16 heavy (non-hydrogen) atoms. The van der Waals surface area contributed by atoms with Crippen LogP contribution in [0.4, 0.5) is 10.8 Å². The lowest BCUT2D eigenvalue weighted by Crippen LogP contribution is -2.28. The number of nitrogen functional groups attached to an aromatic ring is 1. The van der Waals surface area contributed by atoms with Gasteiger partial charge in [0.1, 0.15) is 16.6 Å². The van der Waals surface area contributed by atoms with Gasteiger partial charge >= 0.3 is 0 Å². The van der Waals surface area contributed by atoms with Gasteiger partial charge in [0, 0.05) is 13.1 Å². The number of hydrogen-bond donors (Lipinski definition) is 2. The van der Waals surface area contributed by atoms with Crippen molar-refractivity contribution in [3.8, 4) is 6.07 Å². The summed E-state index contributed by atoms with van der Waals surface area (Å²) in [5, 5.41) is 12.8. The molecule has 1 aromatic rings. The first-order chi connectivity index (χ1) is 7.72. The molecule has 1 rings (SSSR count). The highest BCUT2D eigenvalue weighted by Crippen LogP contribution is 2.25. The number of nitrogens with two attached hydrogens (primary N) is 1. The largest absolute Gasteiger partial charge is 0.382 e. The quantitative estimate of drug-likeness (QED) is 0.783. The second-order valence-electron chi connectivity index (χ2n) is 3.34. The van der Waals surface area contributed by atoms with Crippen LogP contribution < -0.4 is 11.1 Å². The average molecular weight is 239 g/mol. The lowest BCUT2D eigenvalue weighted by Gasteiger charge is -2.17. The average Bonchev–Trinajstić information content (AvgIpc) is 2.65. The molecule has 0 atom stereocenters. The predicted molar refractivity (Wildman–Crippen MR) is 67.5 cm³/mol. The van der Waals surface area contributed by atoms with E-state index >= 15 is 0 Å². The zero-order valence-electron chi connectivity index (χ0n) is 9.66. The van der Waals surface area contributed by atoms with E-state index in [2.05, 4.69) is 34.5 Å². The number of rotatable bonds is 6. The molecule has 0 saturated carbocycles. The molecule has 0 saturated heterocycles. The van der Waals surface area contributed by atoms with E-state index < -0.39 is 0 Å². The van der Waals surface area contributed by atoms with Crippen LogP contribution in [0.1, 0.15) is 19.4 Å². The Hall–Kier alpha value is -1.32. The molecule has 88 valence electrons. The van der Waals surface area contributed by atoms with Gasteiger partial charge in [-0.3, -0.25) is 0 Å². The molecule has 0 aliphatic rings. The van der Waals surface area contributed by atoms with Crippen LogP contribution in [0, 0.1) is 11.3 Å². The summed E-state index contributed by atoms with van der Waals surface area (Å²) >= 11 is 1.24. The van der Waals surface area contributed by atoms with E-state index in [4.69, 9.17) is 11.0 Å². The van der Waals surface area contributed by atoms with Gasteiger partial charge in [-0.15, -0.1) is 0 Å². The van der Waals surface area contributed by atoms with Crippen molar-refractivity contribution in [2.24, 2.45) is 0 Å². The number of nitrogens with zero attached hydrogens (tertiary/aromatic N) is 3. The minimum atomic E-state index is 0.317. The summed E-state index contributed by atoms with van der Waals surface area (Å²) in [6, 6.07) is 2.06. The van der Waals surface area contributed by atoms with Gasteiger partial charge in [-0.2, -0.15) is 9.64 Å². The lowest BCUT2D eigenvalue weighted by molar-refractivity contribution is 0.316. The molecule has 3 N–H and O–H groups in total. The van der Waals surface area contributed by atoms with Crippen LogP contribution in [-0.4, -0.2) is 35.5 Å². The maximum Gasteiger partial charge on any atom is 0.157 e. The fourth-order valence-corrected chi connectivity index (χ4v) is 2.09. The molecule has 1 heterocycles. The lowest BCUT2D eigenvalue weighted by atomic mass is 10.3.